The Hall–Kier alpha value is -1.97. The highest BCUT2D eigenvalue weighted by Crippen LogP contribution is 2.19. The average Bonchev–Trinajstić information content (AvgIpc) is 2.54. The standard InChI is InChI=1S/C14H17N3O4S2/c1-3-17(2)23(20,21)14-6-4-13(5-7-14)22(18,19)16-12-8-10-15-11-9-12/h4-11H,3H2,1-2H3,(H,15,16). The topological polar surface area (TPSA) is 96.4 Å². The summed E-state index contributed by atoms with van der Waals surface area (Å²) in [6.45, 7) is 2.04. The molecule has 0 unspecified atom stereocenters. The summed E-state index contributed by atoms with van der Waals surface area (Å²) in [5, 5.41) is 0. The Morgan fingerprint density at radius 3 is 2.00 bits per heavy atom. The fourth-order valence-electron chi connectivity index (χ4n) is 1.77. The van der Waals surface area contributed by atoms with Crippen molar-refractivity contribution in [2.45, 2.75) is 16.7 Å². The summed E-state index contributed by atoms with van der Waals surface area (Å²) in [4.78, 5) is 3.83. The van der Waals surface area contributed by atoms with Crippen LogP contribution in [0.5, 0.6) is 0 Å². The lowest BCUT2D eigenvalue weighted by Gasteiger charge is -2.15. The molecule has 1 N–H and O–H groups in total. The number of hydrogen-bond donors (Lipinski definition) is 1. The zero-order valence-electron chi connectivity index (χ0n) is 12.7. The predicted octanol–water partition coefficient (Wildman–Crippen LogP) is 1.52. The summed E-state index contributed by atoms with van der Waals surface area (Å²) in [5.74, 6) is 0. The van der Waals surface area contributed by atoms with Gasteiger partial charge in [0.2, 0.25) is 10.0 Å². The van der Waals surface area contributed by atoms with Crippen molar-refractivity contribution >= 4 is 25.7 Å². The highest BCUT2D eigenvalue weighted by Gasteiger charge is 2.21. The average molecular weight is 355 g/mol. The fourth-order valence-corrected chi connectivity index (χ4v) is 4.01. The summed E-state index contributed by atoms with van der Waals surface area (Å²) in [5.41, 5.74) is 0.377. The Morgan fingerprint density at radius 2 is 1.48 bits per heavy atom. The van der Waals surface area contributed by atoms with E-state index < -0.39 is 20.0 Å². The Bertz CT molecular complexity index is 864. The lowest BCUT2D eigenvalue weighted by Crippen LogP contribution is -2.26. The van der Waals surface area contributed by atoms with Crippen molar-refractivity contribution in [3.8, 4) is 0 Å². The third-order valence-corrected chi connectivity index (χ3v) is 6.56. The number of nitrogens with zero attached hydrogens (tertiary/aromatic N) is 2. The van der Waals surface area contributed by atoms with Crippen LogP contribution in [0.15, 0.2) is 58.6 Å². The Labute approximate surface area is 136 Å². The molecular weight excluding hydrogens is 338 g/mol. The van der Waals surface area contributed by atoms with E-state index in [1.807, 2.05) is 0 Å². The van der Waals surface area contributed by atoms with Gasteiger partial charge in [-0.3, -0.25) is 9.71 Å². The molecule has 23 heavy (non-hydrogen) atoms. The molecule has 0 saturated heterocycles. The normalized spacial score (nSPS) is 12.3. The Balaban J connectivity index is 2.29. The fraction of sp³-hybridized carbons (Fsp3) is 0.214. The van der Waals surface area contributed by atoms with Gasteiger partial charge in [-0.15, -0.1) is 0 Å². The van der Waals surface area contributed by atoms with Gasteiger partial charge in [0.05, 0.1) is 15.5 Å². The molecule has 2 rings (SSSR count). The number of benzene rings is 1. The van der Waals surface area contributed by atoms with Gasteiger partial charge in [0.1, 0.15) is 0 Å². The summed E-state index contributed by atoms with van der Waals surface area (Å²) in [7, 11) is -5.92. The van der Waals surface area contributed by atoms with Crippen molar-refractivity contribution < 1.29 is 16.8 Å². The van der Waals surface area contributed by atoms with Crippen molar-refractivity contribution in [2.75, 3.05) is 18.3 Å². The van der Waals surface area contributed by atoms with Crippen molar-refractivity contribution in [3.63, 3.8) is 0 Å². The molecule has 7 nitrogen and oxygen atoms in total. The molecule has 0 amide bonds. The van der Waals surface area contributed by atoms with E-state index in [-0.39, 0.29) is 9.79 Å². The van der Waals surface area contributed by atoms with E-state index in [1.54, 1.807) is 6.92 Å². The number of hydrogen-bond acceptors (Lipinski definition) is 5. The molecule has 0 bridgehead atoms. The molecule has 0 saturated carbocycles. The summed E-state index contributed by atoms with van der Waals surface area (Å²) in [6.07, 6.45) is 2.93. The van der Waals surface area contributed by atoms with Crippen molar-refractivity contribution in [2.24, 2.45) is 0 Å². The van der Waals surface area contributed by atoms with E-state index in [0.29, 0.717) is 12.2 Å². The first-order valence-electron chi connectivity index (χ1n) is 6.76. The van der Waals surface area contributed by atoms with E-state index in [9.17, 15) is 16.8 Å². The Kier molecular flexibility index (Phi) is 5.03. The van der Waals surface area contributed by atoms with Gasteiger partial charge in [0, 0.05) is 26.0 Å². The summed E-state index contributed by atoms with van der Waals surface area (Å²) >= 11 is 0. The zero-order chi connectivity index (χ0) is 17.1. The summed E-state index contributed by atoms with van der Waals surface area (Å²) in [6, 6.07) is 8.13. The Morgan fingerprint density at radius 1 is 0.957 bits per heavy atom. The van der Waals surface area contributed by atoms with E-state index in [0.717, 1.165) is 0 Å². The van der Waals surface area contributed by atoms with E-state index in [4.69, 9.17) is 0 Å². The van der Waals surface area contributed by atoms with Crippen molar-refractivity contribution in [3.05, 3.63) is 48.8 Å². The van der Waals surface area contributed by atoms with Gasteiger partial charge in [-0.05, 0) is 36.4 Å². The molecule has 124 valence electrons. The highest BCUT2D eigenvalue weighted by molar-refractivity contribution is 7.92. The van der Waals surface area contributed by atoms with Crippen LogP contribution in [0.1, 0.15) is 6.92 Å². The predicted molar refractivity (Wildman–Crippen MR) is 87.0 cm³/mol. The van der Waals surface area contributed by atoms with E-state index in [2.05, 4.69) is 9.71 Å². The van der Waals surface area contributed by atoms with E-state index >= 15 is 0 Å². The number of aromatic nitrogens is 1. The molecule has 0 aliphatic carbocycles. The monoisotopic (exact) mass is 355 g/mol. The van der Waals surface area contributed by atoms with Crippen molar-refractivity contribution in [1.29, 1.82) is 0 Å². The van der Waals surface area contributed by atoms with Gasteiger partial charge in [0.15, 0.2) is 0 Å². The van der Waals surface area contributed by atoms with Crippen LogP contribution < -0.4 is 4.72 Å². The van der Waals surface area contributed by atoms with Crippen LogP contribution in [-0.4, -0.2) is 39.7 Å². The molecule has 0 atom stereocenters. The van der Waals surface area contributed by atoms with Gasteiger partial charge in [-0.25, -0.2) is 21.1 Å². The van der Waals surface area contributed by atoms with Gasteiger partial charge < -0.3 is 0 Å². The van der Waals surface area contributed by atoms with Gasteiger partial charge in [-0.1, -0.05) is 6.92 Å². The second kappa shape index (κ2) is 6.65. The molecule has 0 aliphatic heterocycles. The number of sulfonamides is 2. The lowest BCUT2D eigenvalue weighted by atomic mass is 10.4. The first-order chi connectivity index (χ1) is 10.8. The minimum absolute atomic E-state index is 0.0209. The molecular formula is C14H17N3O4S2. The number of pyridine rings is 1. The maximum Gasteiger partial charge on any atom is 0.261 e. The van der Waals surface area contributed by atoms with Crippen LogP contribution in [0, 0.1) is 0 Å². The second-order valence-corrected chi connectivity index (χ2v) is 8.46. The van der Waals surface area contributed by atoms with Gasteiger partial charge in [-0.2, -0.15) is 0 Å². The molecule has 2 aromatic rings. The third-order valence-electron chi connectivity index (χ3n) is 3.22. The molecule has 0 spiro atoms. The molecule has 0 aliphatic rings. The number of rotatable bonds is 6. The van der Waals surface area contributed by atoms with Crippen LogP contribution in [0.4, 0.5) is 5.69 Å². The van der Waals surface area contributed by atoms with E-state index in [1.165, 1.54) is 60.1 Å². The molecule has 0 fully saturated rings. The molecule has 1 heterocycles. The third kappa shape index (κ3) is 3.87. The first kappa shape index (κ1) is 17.4. The maximum atomic E-state index is 12.3. The van der Waals surface area contributed by atoms with Gasteiger partial charge in [0.25, 0.3) is 10.0 Å². The van der Waals surface area contributed by atoms with Crippen LogP contribution in [0.3, 0.4) is 0 Å². The molecule has 1 aromatic carbocycles. The van der Waals surface area contributed by atoms with Crippen LogP contribution in [0.25, 0.3) is 0 Å². The largest absolute Gasteiger partial charge is 0.280 e. The molecule has 9 heteroatoms. The summed E-state index contributed by atoms with van der Waals surface area (Å²) < 4.78 is 52.4. The number of anilines is 1. The molecule has 1 aromatic heterocycles. The maximum absolute atomic E-state index is 12.3. The van der Waals surface area contributed by atoms with Crippen LogP contribution in [-0.2, 0) is 20.0 Å². The first-order valence-corrected chi connectivity index (χ1v) is 9.69. The van der Waals surface area contributed by atoms with Gasteiger partial charge >= 0.3 is 0 Å². The lowest BCUT2D eigenvalue weighted by molar-refractivity contribution is 0.486. The smallest absolute Gasteiger partial charge is 0.261 e. The van der Waals surface area contributed by atoms with Crippen molar-refractivity contribution in [1.82, 2.24) is 9.29 Å². The number of nitrogens with one attached hydrogen (secondary N) is 1. The molecule has 0 radical (unpaired) electrons. The van der Waals surface area contributed by atoms with Crippen LogP contribution >= 0.6 is 0 Å². The van der Waals surface area contributed by atoms with Crippen LogP contribution in [0.2, 0.25) is 0 Å². The zero-order valence-corrected chi connectivity index (χ0v) is 14.3. The highest BCUT2D eigenvalue weighted by atomic mass is 32.2. The minimum atomic E-state index is -3.79. The minimum Gasteiger partial charge on any atom is -0.280 e. The second-order valence-electron chi connectivity index (χ2n) is 4.73. The quantitative estimate of drug-likeness (QED) is 0.847. The SMILES string of the molecule is CCN(C)S(=O)(=O)c1ccc(S(=O)(=O)Nc2ccncc2)cc1.